The van der Waals surface area contributed by atoms with Gasteiger partial charge in [-0.25, -0.2) is 0 Å². The zero-order valence-corrected chi connectivity index (χ0v) is 15.2. The second kappa shape index (κ2) is 9.20. The lowest BCUT2D eigenvalue weighted by atomic mass is 10.1. The van der Waals surface area contributed by atoms with Crippen molar-refractivity contribution in [3.63, 3.8) is 0 Å². The van der Waals surface area contributed by atoms with Crippen molar-refractivity contribution in [1.82, 2.24) is 5.32 Å². The van der Waals surface area contributed by atoms with Crippen LogP contribution >= 0.6 is 0 Å². The summed E-state index contributed by atoms with van der Waals surface area (Å²) >= 11 is 0. The van der Waals surface area contributed by atoms with Gasteiger partial charge in [0.15, 0.2) is 0 Å². The third-order valence-electron chi connectivity index (χ3n) is 4.54. The van der Waals surface area contributed by atoms with E-state index in [1.807, 2.05) is 43.3 Å². The molecule has 2 aromatic carbocycles. The van der Waals surface area contributed by atoms with E-state index in [9.17, 15) is 4.79 Å². The predicted molar refractivity (Wildman–Crippen MR) is 106 cm³/mol. The van der Waals surface area contributed by atoms with Crippen molar-refractivity contribution in [2.45, 2.75) is 19.4 Å². The van der Waals surface area contributed by atoms with Crippen LogP contribution in [0.5, 0.6) is 0 Å². The minimum Gasteiger partial charge on any atom is -0.380 e. The average Bonchev–Trinajstić information content (AvgIpc) is 2.97. The molecule has 0 saturated carbocycles. The summed E-state index contributed by atoms with van der Waals surface area (Å²) in [5.74, 6) is -0.0880. The van der Waals surface area contributed by atoms with Crippen molar-refractivity contribution in [2.24, 2.45) is 0 Å². The van der Waals surface area contributed by atoms with Crippen LogP contribution in [0.4, 0.5) is 5.69 Å². The quantitative estimate of drug-likeness (QED) is 0.834. The first-order chi connectivity index (χ1) is 12.7. The summed E-state index contributed by atoms with van der Waals surface area (Å²) in [6.07, 6.45) is 4.46. The minimum absolute atomic E-state index is 0.0499. The molecule has 0 spiro atoms. The van der Waals surface area contributed by atoms with E-state index < -0.39 is 0 Å². The van der Waals surface area contributed by atoms with Gasteiger partial charge < -0.3 is 15.0 Å². The first-order valence-corrected chi connectivity index (χ1v) is 9.18. The highest BCUT2D eigenvalue weighted by Crippen LogP contribution is 2.21. The third-order valence-corrected chi connectivity index (χ3v) is 4.54. The summed E-state index contributed by atoms with van der Waals surface area (Å²) in [5, 5.41) is 3.04. The molecule has 0 bridgehead atoms. The molecule has 2 aromatic rings. The lowest BCUT2D eigenvalue weighted by Gasteiger charge is -2.23. The maximum absolute atomic E-state index is 12.2. The highest BCUT2D eigenvalue weighted by Gasteiger charge is 2.13. The second-order valence-electron chi connectivity index (χ2n) is 6.52. The number of anilines is 1. The Morgan fingerprint density at radius 1 is 1.12 bits per heavy atom. The van der Waals surface area contributed by atoms with E-state index in [0.29, 0.717) is 0 Å². The summed E-state index contributed by atoms with van der Waals surface area (Å²) in [6, 6.07) is 18.2. The number of nitrogens with zero attached hydrogens (tertiary/aromatic N) is 1. The Bertz CT molecular complexity index is 735. The zero-order chi connectivity index (χ0) is 18.2. The Hall–Kier alpha value is -2.59. The maximum Gasteiger partial charge on any atom is 0.244 e. The zero-order valence-electron chi connectivity index (χ0n) is 15.2. The van der Waals surface area contributed by atoms with Crippen molar-refractivity contribution in [2.75, 3.05) is 31.2 Å². The minimum atomic E-state index is -0.0880. The average molecular weight is 350 g/mol. The monoisotopic (exact) mass is 350 g/mol. The lowest BCUT2D eigenvalue weighted by Crippen LogP contribution is -2.27. The summed E-state index contributed by atoms with van der Waals surface area (Å²) in [4.78, 5) is 14.6. The van der Waals surface area contributed by atoms with Crippen LogP contribution in [-0.4, -0.2) is 32.2 Å². The second-order valence-corrected chi connectivity index (χ2v) is 6.52. The van der Waals surface area contributed by atoms with Crippen molar-refractivity contribution in [3.8, 4) is 0 Å². The van der Waals surface area contributed by atoms with Gasteiger partial charge in [-0.3, -0.25) is 4.79 Å². The van der Waals surface area contributed by atoms with Crippen LogP contribution in [0.25, 0.3) is 6.08 Å². The molecule has 1 atom stereocenters. The van der Waals surface area contributed by atoms with Crippen LogP contribution in [0.15, 0.2) is 60.7 Å². The van der Waals surface area contributed by atoms with Gasteiger partial charge in [-0.2, -0.15) is 0 Å². The van der Waals surface area contributed by atoms with Gasteiger partial charge in [0.25, 0.3) is 0 Å². The van der Waals surface area contributed by atoms with Crippen LogP contribution in [0, 0.1) is 0 Å². The number of benzene rings is 2. The van der Waals surface area contributed by atoms with E-state index in [1.54, 1.807) is 6.08 Å². The Labute approximate surface area is 155 Å². The molecule has 0 aliphatic carbocycles. The number of hydrogen-bond donors (Lipinski definition) is 1. The molecule has 1 fully saturated rings. The molecule has 4 heteroatoms. The predicted octanol–water partition coefficient (Wildman–Crippen LogP) is 3.80. The van der Waals surface area contributed by atoms with Gasteiger partial charge in [0.1, 0.15) is 0 Å². The van der Waals surface area contributed by atoms with Crippen LogP contribution in [0.3, 0.4) is 0 Å². The Kier molecular flexibility index (Phi) is 6.45. The maximum atomic E-state index is 12.2. The smallest absolute Gasteiger partial charge is 0.244 e. The van der Waals surface area contributed by atoms with E-state index >= 15 is 0 Å². The van der Waals surface area contributed by atoms with Crippen molar-refractivity contribution in [3.05, 3.63) is 71.8 Å². The molecule has 0 aromatic heterocycles. The highest BCUT2D eigenvalue weighted by molar-refractivity contribution is 5.91. The number of carbonyl (C=O) groups excluding carboxylic acids is 1. The molecular formula is C22H26N2O2. The van der Waals surface area contributed by atoms with E-state index in [-0.39, 0.29) is 11.9 Å². The van der Waals surface area contributed by atoms with Gasteiger partial charge in [-0.05, 0) is 42.7 Å². The molecule has 1 aliphatic heterocycles. The SMILES string of the molecule is C[C@H](NC(=O)/C=C/c1ccccc1)c1cccc(N2CCCOCC2)c1. The van der Waals surface area contributed by atoms with Crippen molar-refractivity contribution in [1.29, 1.82) is 0 Å². The molecule has 1 N–H and O–H groups in total. The fourth-order valence-electron chi connectivity index (χ4n) is 3.08. The van der Waals surface area contributed by atoms with E-state index in [4.69, 9.17) is 4.74 Å². The first-order valence-electron chi connectivity index (χ1n) is 9.18. The Balaban J connectivity index is 1.62. The molecule has 1 heterocycles. The van der Waals surface area contributed by atoms with Crippen molar-refractivity contribution >= 4 is 17.7 Å². The fourth-order valence-corrected chi connectivity index (χ4v) is 3.08. The molecule has 136 valence electrons. The number of hydrogen-bond acceptors (Lipinski definition) is 3. The van der Waals surface area contributed by atoms with Gasteiger partial charge in [0.2, 0.25) is 5.91 Å². The molecule has 26 heavy (non-hydrogen) atoms. The van der Waals surface area contributed by atoms with E-state index in [2.05, 4.69) is 34.5 Å². The highest BCUT2D eigenvalue weighted by atomic mass is 16.5. The molecule has 4 nitrogen and oxygen atoms in total. The standard InChI is InChI=1S/C22H26N2O2/c1-18(23-22(25)12-11-19-7-3-2-4-8-19)20-9-5-10-21(17-20)24-13-6-15-26-16-14-24/h2-5,7-12,17-18H,6,13-16H2,1H3,(H,23,25)/b12-11+/t18-/m0/s1. The number of carbonyl (C=O) groups is 1. The summed E-state index contributed by atoms with van der Waals surface area (Å²) in [5.41, 5.74) is 3.31. The van der Waals surface area contributed by atoms with E-state index in [1.165, 1.54) is 5.69 Å². The van der Waals surface area contributed by atoms with Gasteiger partial charge in [-0.15, -0.1) is 0 Å². The largest absolute Gasteiger partial charge is 0.380 e. The number of ether oxygens (including phenoxy) is 1. The van der Waals surface area contributed by atoms with E-state index in [0.717, 1.165) is 43.9 Å². The Morgan fingerprint density at radius 3 is 2.81 bits per heavy atom. The van der Waals surface area contributed by atoms with Crippen molar-refractivity contribution < 1.29 is 9.53 Å². The number of nitrogens with one attached hydrogen (secondary N) is 1. The Morgan fingerprint density at radius 2 is 1.96 bits per heavy atom. The third kappa shape index (κ3) is 5.20. The molecular weight excluding hydrogens is 324 g/mol. The fraction of sp³-hybridized carbons (Fsp3) is 0.318. The van der Waals surface area contributed by atoms with Gasteiger partial charge in [-0.1, -0.05) is 42.5 Å². The topological polar surface area (TPSA) is 41.6 Å². The molecule has 1 aliphatic rings. The van der Waals surface area contributed by atoms with Crippen LogP contribution in [0.2, 0.25) is 0 Å². The number of amides is 1. The van der Waals surface area contributed by atoms with Crippen LogP contribution in [-0.2, 0) is 9.53 Å². The molecule has 3 rings (SSSR count). The molecule has 0 radical (unpaired) electrons. The number of rotatable bonds is 5. The first kappa shape index (κ1) is 18.2. The lowest BCUT2D eigenvalue weighted by molar-refractivity contribution is -0.117. The van der Waals surface area contributed by atoms with Gasteiger partial charge >= 0.3 is 0 Å². The summed E-state index contributed by atoms with van der Waals surface area (Å²) in [6.45, 7) is 5.52. The van der Waals surface area contributed by atoms with Crippen LogP contribution < -0.4 is 10.2 Å². The normalized spacial score (nSPS) is 16.3. The van der Waals surface area contributed by atoms with Crippen LogP contribution in [0.1, 0.15) is 30.5 Å². The molecule has 1 amide bonds. The molecule has 0 unspecified atom stereocenters. The summed E-state index contributed by atoms with van der Waals surface area (Å²) < 4.78 is 5.53. The summed E-state index contributed by atoms with van der Waals surface area (Å²) in [7, 11) is 0. The molecule has 1 saturated heterocycles. The van der Waals surface area contributed by atoms with Gasteiger partial charge in [0, 0.05) is 31.5 Å². The van der Waals surface area contributed by atoms with Gasteiger partial charge in [0.05, 0.1) is 12.6 Å².